The second-order valence-corrected chi connectivity index (χ2v) is 6.40. The number of halogens is 1. The summed E-state index contributed by atoms with van der Waals surface area (Å²) in [5, 5.41) is 5.39. The number of amides is 3. The van der Waals surface area contributed by atoms with Crippen molar-refractivity contribution in [3.63, 3.8) is 0 Å². The van der Waals surface area contributed by atoms with Crippen molar-refractivity contribution >= 4 is 17.6 Å². The molecule has 0 unspecified atom stereocenters. The van der Waals surface area contributed by atoms with Gasteiger partial charge in [0.15, 0.2) is 0 Å². The molecule has 1 saturated heterocycles. The van der Waals surface area contributed by atoms with E-state index in [4.69, 9.17) is 0 Å². The Kier molecular flexibility index (Phi) is 5.51. The van der Waals surface area contributed by atoms with Gasteiger partial charge in [-0.2, -0.15) is 0 Å². The molecule has 0 saturated carbocycles. The quantitative estimate of drug-likeness (QED) is 0.879. The van der Waals surface area contributed by atoms with Gasteiger partial charge in [0, 0.05) is 25.2 Å². The van der Waals surface area contributed by atoms with E-state index in [0.29, 0.717) is 16.8 Å². The van der Waals surface area contributed by atoms with Gasteiger partial charge < -0.3 is 15.5 Å². The van der Waals surface area contributed by atoms with E-state index in [1.165, 1.54) is 6.07 Å². The molecule has 0 bridgehead atoms. The second kappa shape index (κ2) is 7.99. The van der Waals surface area contributed by atoms with Crippen LogP contribution in [0.5, 0.6) is 0 Å². The van der Waals surface area contributed by atoms with Crippen molar-refractivity contribution in [3.05, 3.63) is 65.0 Å². The Labute approximate surface area is 152 Å². The van der Waals surface area contributed by atoms with E-state index >= 15 is 0 Å². The minimum absolute atomic E-state index is 0.0692. The summed E-state index contributed by atoms with van der Waals surface area (Å²) in [6.45, 7) is 3.39. The van der Waals surface area contributed by atoms with Crippen LogP contribution in [0.4, 0.5) is 14.9 Å². The second-order valence-electron chi connectivity index (χ2n) is 6.40. The molecule has 1 heterocycles. The SMILES string of the molecule is Cc1cccc(C(=O)N2CCCC2)c1NC(=O)NCc1ccccc1F. The maximum atomic E-state index is 13.7. The number of benzene rings is 2. The molecule has 0 aliphatic carbocycles. The van der Waals surface area contributed by atoms with Gasteiger partial charge in [-0.3, -0.25) is 4.79 Å². The molecule has 26 heavy (non-hydrogen) atoms. The van der Waals surface area contributed by atoms with E-state index in [1.54, 1.807) is 35.2 Å². The van der Waals surface area contributed by atoms with Gasteiger partial charge in [0.05, 0.1) is 11.3 Å². The number of rotatable bonds is 4. The zero-order chi connectivity index (χ0) is 18.5. The maximum Gasteiger partial charge on any atom is 0.319 e. The first-order valence-electron chi connectivity index (χ1n) is 8.73. The number of anilines is 1. The Bertz CT molecular complexity index is 816. The van der Waals surface area contributed by atoms with Gasteiger partial charge >= 0.3 is 6.03 Å². The van der Waals surface area contributed by atoms with Crippen LogP contribution in [0, 0.1) is 12.7 Å². The fourth-order valence-electron chi connectivity index (χ4n) is 3.08. The van der Waals surface area contributed by atoms with Gasteiger partial charge in [0.2, 0.25) is 0 Å². The number of carbonyl (C=O) groups excluding carboxylic acids is 2. The van der Waals surface area contributed by atoms with Crippen molar-refractivity contribution in [2.24, 2.45) is 0 Å². The van der Waals surface area contributed by atoms with Crippen LogP contribution in [-0.2, 0) is 6.54 Å². The van der Waals surface area contributed by atoms with Crippen molar-refractivity contribution in [2.45, 2.75) is 26.3 Å². The van der Waals surface area contributed by atoms with E-state index in [1.807, 2.05) is 13.0 Å². The molecule has 0 spiro atoms. The Morgan fingerprint density at radius 1 is 1.08 bits per heavy atom. The van der Waals surface area contributed by atoms with E-state index in [9.17, 15) is 14.0 Å². The lowest BCUT2D eigenvalue weighted by atomic mass is 10.1. The maximum absolute atomic E-state index is 13.7. The van der Waals surface area contributed by atoms with Crippen molar-refractivity contribution < 1.29 is 14.0 Å². The summed E-state index contributed by atoms with van der Waals surface area (Å²) in [6.07, 6.45) is 2.01. The molecule has 2 aromatic carbocycles. The molecular formula is C20H22FN3O2. The monoisotopic (exact) mass is 355 g/mol. The third kappa shape index (κ3) is 4.02. The predicted molar refractivity (Wildman–Crippen MR) is 98.6 cm³/mol. The molecular weight excluding hydrogens is 333 g/mol. The number of carbonyl (C=O) groups is 2. The number of nitrogens with zero attached hydrogens (tertiary/aromatic N) is 1. The first-order valence-corrected chi connectivity index (χ1v) is 8.73. The van der Waals surface area contributed by atoms with E-state index in [2.05, 4.69) is 10.6 Å². The molecule has 0 radical (unpaired) electrons. The first kappa shape index (κ1) is 17.9. The zero-order valence-corrected chi connectivity index (χ0v) is 14.7. The van der Waals surface area contributed by atoms with Gasteiger partial charge in [-0.05, 0) is 37.5 Å². The fraction of sp³-hybridized carbons (Fsp3) is 0.300. The molecule has 6 heteroatoms. The Balaban J connectivity index is 1.71. The Hall–Kier alpha value is -2.89. The van der Waals surface area contributed by atoms with E-state index in [-0.39, 0.29) is 18.3 Å². The summed E-state index contributed by atoms with van der Waals surface area (Å²) in [7, 11) is 0. The third-order valence-corrected chi connectivity index (χ3v) is 4.53. The van der Waals surface area contributed by atoms with E-state index in [0.717, 1.165) is 31.5 Å². The highest BCUT2D eigenvalue weighted by atomic mass is 19.1. The molecule has 2 aromatic rings. The molecule has 1 aliphatic heterocycles. The number of likely N-dealkylation sites (tertiary alicyclic amines) is 1. The Morgan fingerprint density at radius 3 is 2.54 bits per heavy atom. The largest absolute Gasteiger partial charge is 0.339 e. The highest BCUT2D eigenvalue weighted by Crippen LogP contribution is 2.24. The van der Waals surface area contributed by atoms with Crippen LogP contribution >= 0.6 is 0 Å². The van der Waals surface area contributed by atoms with Crippen LogP contribution in [0.3, 0.4) is 0 Å². The summed E-state index contributed by atoms with van der Waals surface area (Å²) in [5.41, 5.74) is 2.18. The smallest absolute Gasteiger partial charge is 0.319 e. The normalized spacial score (nSPS) is 13.5. The number of urea groups is 1. The third-order valence-electron chi connectivity index (χ3n) is 4.53. The van der Waals surface area contributed by atoms with Crippen molar-refractivity contribution in [2.75, 3.05) is 18.4 Å². The number of hydrogen-bond donors (Lipinski definition) is 2. The molecule has 5 nitrogen and oxygen atoms in total. The van der Waals surface area contributed by atoms with Crippen LogP contribution in [0.15, 0.2) is 42.5 Å². The molecule has 0 aromatic heterocycles. The highest BCUT2D eigenvalue weighted by molar-refractivity contribution is 6.04. The van der Waals surface area contributed by atoms with Crippen molar-refractivity contribution in [1.82, 2.24) is 10.2 Å². The lowest BCUT2D eigenvalue weighted by molar-refractivity contribution is 0.0794. The number of aryl methyl sites for hydroxylation is 1. The minimum atomic E-state index is -0.474. The minimum Gasteiger partial charge on any atom is -0.339 e. The van der Waals surface area contributed by atoms with Crippen molar-refractivity contribution in [3.8, 4) is 0 Å². The van der Waals surface area contributed by atoms with Crippen LogP contribution in [-0.4, -0.2) is 29.9 Å². The average Bonchev–Trinajstić information content (AvgIpc) is 3.17. The van der Waals surface area contributed by atoms with Crippen molar-refractivity contribution in [1.29, 1.82) is 0 Å². The number of para-hydroxylation sites is 1. The topological polar surface area (TPSA) is 61.4 Å². The van der Waals surface area contributed by atoms with Crippen LogP contribution in [0.1, 0.15) is 34.3 Å². The summed E-state index contributed by atoms with van der Waals surface area (Å²) >= 11 is 0. The van der Waals surface area contributed by atoms with Gasteiger partial charge in [-0.1, -0.05) is 30.3 Å². The Morgan fingerprint density at radius 2 is 1.81 bits per heavy atom. The summed E-state index contributed by atoms with van der Waals surface area (Å²) in [4.78, 5) is 26.8. The van der Waals surface area contributed by atoms with Crippen LogP contribution in [0.25, 0.3) is 0 Å². The van der Waals surface area contributed by atoms with Gasteiger partial charge in [-0.15, -0.1) is 0 Å². The highest BCUT2D eigenvalue weighted by Gasteiger charge is 2.23. The van der Waals surface area contributed by atoms with Gasteiger partial charge in [0.25, 0.3) is 5.91 Å². The predicted octanol–water partition coefficient (Wildman–Crippen LogP) is 3.69. The summed E-state index contributed by atoms with van der Waals surface area (Å²) < 4.78 is 13.7. The number of nitrogens with one attached hydrogen (secondary N) is 2. The zero-order valence-electron chi connectivity index (χ0n) is 14.7. The molecule has 3 rings (SSSR count). The average molecular weight is 355 g/mol. The summed E-state index contributed by atoms with van der Waals surface area (Å²) in [5.74, 6) is -0.441. The molecule has 2 N–H and O–H groups in total. The molecule has 136 valence electrons. The standard InChI is InChI=1S/C20H22FN3O2/c1-14-7-6-9-16(19(25)24-11-4-5-12-24)18(14)23-20(26)22-13-15-8-2-3-10-17(15)21/h2-3,6-10H,4-5,11-13H2,1H3,(H2,22,23,26). The molecule has 1 fully saturated rings. The lowest BCUT2D eigenvalue weighted by Crippen LogP contribution is -2.32. The van der Waals surface area contributed by atoms with E-state index < -0.39 is 6.03 Å². The molecule has 3 amide bonds. The molecule has 0 atom stereocenters. The molecule has 1 aliphatic rings. The summed E-state index contributed by atoms with van der Waals surface area (Å²) in [6, 6.07) is 11.2. The van der Waals surface area contributed by atoms with Crippen LogP contribution < -0.4 is 10.6 Å². The fourth-order valence-corrected chi connectivity index (χ4v) is 3.08. The first-order chi connectivity index (χ1) is 12.6. The number of hydrogen-bond acceptors (Lipinski definition) is 2. The lowest BCUT2D eigenvalue weighted by Gasteiger charge is -2.19. The van der Waals surface area contributed by atoms with Crippen LogP contribution in [0.2, 0.25) is 0 Å². The van der Waals surface area contributed by atoms with Gasteiger partial charge in [-0.25, -0.2) is 9.18 Å². The van der Waals surface area contributed by atoms with Gasteiger partial charge in [0.1, 0.15) is 5.82 Å².